The highest BCUT2D eigenvalue weighted by molar-refractivity contribution is 6.01. The molecule has 0 aliphatic rings. The Bertz CT molecular complexity index is 2850. The van der Waals surface area contributed by atoms with E-state index in [4.69, 9.17) is 15.0 Å². The Morgan fingerprint density at radius 2 is 1.14 bits per heavy atom. The summed E-state index contributed by atoms with van der Waals surface area (Å²) in [5.74, 6) is 0.899. The van der Waals surface area contributed by atoms with Crippen LogP contribution >= 0.6 is 0 Å². The summed E-state index contributed by atoms with van der Waals surface area (Å²) in [4.78, 5) is 15.5. The standard InChI is InChI=1S/C54H56N4O/c1-51(2,3)38-23-24-47(59)43(31-38)50-57-49-40(29-36(45-22-15-16-26-55-45)30-46(49)58(50)54(10,11)37-20-13-12-14-21-37)34-18-17-19-35(28-34)41-32-39(52(4,5)6)33-42-44(53(7,8)9)25-27-56-48(41)42/h12-33,59H,1-11H3. The van der Waals surface area contributed by atoms with Crippen molar-refractivity contribution in [1.29, 1.82) is 0 Å². The first-order chi connectivity index (χ1) is 27.8. The maximum atomic E-state index is 11.7. The van der Waals surface area contributed by atoms with Gasteiger partial charge in [0.25, 0.3) is 0 Å². The fourth-order valence-corrected chi connectivity index (χ4v) is 8.40. The van der Waals surface area contributed by atoms with Gasteiger partial charge in [-0.15, -0.1) is 0 Å². The van der Waals surface area contributed by atoms with E-state index in [0.717, 1.165) is 61.2 Å². The van der Waals surface area contributed by atoms with E-state index in [1.54, 1.807) is 0 Å². The molecular weight excluding hydrogens is 721 g/mol. The molecule has 5 aromatic carbocycles. The smallest absolute Gasteiger partial charge is 0.145 e. The normalized spacial score (nSPS) is 12.7. The van der Waals surface area contributed by atoms with E-state index in [-0.39, 0.29) is 22.0 Å². The molecule has 3 aromatic heterocycles. The van der Waals surface area contributed by atoms with E-state index in [1.807, 2.05) is 36.7 Å². The van der Waals surface area contributed by atoms with Gasteiger partial charge in [0.05, 0.1) is 33.3 Å². The molecule has 8 rings (SSSR count). The van der Waals surface area contributed by atoms with Crippen molar-refractivity contribution in [3.8, 4) is 50.6 Å². The Hall–Kier alpha value is -6.07. The van der Waals surface area contributed by atoms with Crippen molar-refractivity contribution in [3.63, 3.8) is 0 Å². The number of benzene rings is 5. The summed E-state index contributed by atoms with van der Waals surface area (Å²) in [5.41, 5.74) is 13.6. The quantitative estimate of drug-likeness (QED) is 0.183. The molecule has 8 aromatic rings. The lowest BCUT2D eigenvalue weighted by atomic mass is 9.80. The van der Waals surface area contributed by atoms with Gasteiger partial charge >= 0.3 is 0 Å². The molecule has 0 saturated carbocycles. The molecule has 5 nitrogen and oxygen atoms in total. The van der Waals surface area contributed by atoms with Gasteiger partial charge in [-0.2, -0.15) is 0 Å². The Labute approximate surface area is 349 Å². The van der Waals surface area contributed by atoms with Crippen molar-refractivity contribution in [2.24, 2.45) is 0 Å². The average molecular weight is 777 g/mol. The van der Waals surface area contributed by atoms with Gasteiger partial charge in [0.15, 0.2) is 0 Å². The number of rotatable bonds is 6. The highest BCUT2D eigenvalue weighted by Crippen LogP contribution is 2.45. The summed E-state index contributed by atoms with van der Waals surface area (Å²) < 4.78 is 2.32. The van der Waals surface area contributed by atoms with Crippen molar-refractivity contribution < 1.29 is 5.11 Å². The SMILES string of the molecule is CC(C)(C)c1ccc(O)c(-c2nc3c(-c4cccc(-c5cc(C(C)(C)C)cc6c(C(C)(C)C)ccnc56)c4)cc(-c4ccccn4)cc3n2C(C)(C)c2ccccc2)c1. The zero-order valence-corrected chi connectivity index (χ0v) is 36.4. The van der Waals surface area contributed by atoms with Crippen LogP contribution in [-0.4, -0.2) is 24.6 Å². The highest BCUT2D eigenvalue weighted by Gasteiger charge is 2.32. The number of phenols is 1. The minimum atomic E-state index is -0.569. The summed E-state index contributed by atoms with van der Waals surface area (Å²) in [5, 5.41) is 12.9. The number of imidazole rings is 1. The predicted octanol–water partition coefficient (Wildman–Crippen LogP) is 14.0. The highest BCUT2D eigenvalue weighted by atomic mass is 16.3. The predicted molar refractivity (Wildman–Crippen MR) is 247 cm³/mol. The third kappa shape index (κ3) is 7.33. The number of hydrogen-bond acceptors (Lipinski definition) is 4. The fourth-order valence-electron chi connectivity index (χ4n) is 8.40. The number of fused-ring (bicyclic) bond motifs is 2. The van der Waals surface area contributed by atoms with Gasteiger partial charge in [-0.1, -0.05) is 123 Å². The van der Waals surface area contributed by atoms with Gasteiger partial charge < -0.3 is 9.67 Å². The number of aromatic hydroxyl groups is 1. The first-order valence-electron chi connectivity index (χ1n) is 20.7. The summed E-state index contributed by atoms with van der Waals surface area (Å²) >= 11 is 0. The molecular formula is C54H56N4O. The van der Waals surface area contributed by atoms with E-state index in [2.05, 4.69) is 178 Å². The van der Waals surface area contributed by atoms with Crippen molar-refractivity contribution in [2.45, 2.75) is 97.9 Å². The maximum Gasteiger partial charge on any atom is 0.145 e. The van der Waals surface area contributed by atoms with Crippen molar-refractivity contribution >= 4 is 21.9 Å². The van der Waals surface area contributed by atoms with Crippen LogP contribution in [0.15, 0.2) is 134 Å². The van der Waals surface area contributed by atoms with Gasteiger partial charge in [-0.05, 0) is 124 Å². The second-order valence-corrected chi connectivity index (χ2v) is 19.6. The fraction of sp³-hybridized carbons (Fsp3) is 0.278. The summed E-state index contributed by atoms with van der Waals surface area (Å²) in [6.45, 7) is 24.7. The molecule has 0 unspecified atom stereocenters. The first-order valence-corrected chi connectivity index (χ1v) is 20.7. The molecule has 0 aliphatic carbocycles. The molecule has 3 heterocycles. The zero-order chi connectivity index (χ0) is 42.1. The lowest BCUT2D eigenvalue weighted by Gasteiger charge is -2.31. The lowest BCUT2D eigenvalue weighted by Crippen LogP contribution is -2.28. The Kier molecular flexibility index (Phi) is 9.66. The van der Waals surface area contributed by atoms with Crippen LogP contribution < -0.4 is 0 Å². The van der Waals surface area contributed by atoms with E-state index < -0.39 is 5.54 Å². The lowest BCUT2D eigenvalue weighted by molar-refractivity contribution is 0.448. The van der Waals surface area contributed by atoms with Gasteiger partial charge in [-0.3, -0.25) is 9.97 Å². The van der Waals surface area contributed by atoms with Crippen LogP contribution in [0.5, 0.6) is 5.75 Å². The number of nitrogens with zero attached hydrogens (tertiary/aromatic N) is 4. The third-order valence-electron chi connectivity index (χ3n) is 11.9. The zero-order valence-electron chi connectivity index (χ0n) is 36.4. The molecule has 5 heteroatoms. The second-order valence-electron chi connectivity index (χ2n) is 19.6. The van der Waals surface area contributed by atoms with Crippen LogP contribution in [0.1, 0.15) is 98.4 Å². The molecule has 1 N–H and O–H groups in total. The largest absolute Gasteiger partial charge is 0.507 e. The van der Waals surface area contributed by atoms with Crippen LogP contribution in [-0.2, 0) is 21.8 Å². The van der Waals surface area contributed by atoms with Gasteiger partial charge in [0.1, 0.15) is 11.6 Å². The molecule has 0 spiro atoms. The van der Waals surface area contributed by atoms with E-state index in [9.17, 15) is 5.11 Å². The van der Waals surface area contributed by atoms with Gasteiger partial charge in [0.2, 0.25) is 0 Å². The molecule has 0 amide bonds. The third-order valence-corrected chi connectivity index (χ3v) is 11.9. The molecule has 0 radical (unpaired) electrons. The van der Waals surface area contributed by atoms with Crippen molar-refractivity contribution in [2.75, 3.05) is 0 Å². The van der Waals surface area contributed by atoms with E-state index in [1.165, 1.54) is 16.5 Å². The first kappa shape index (κ1) is 39.7. The van der Waals surface area contributed by atoms with Crippen LogP contribution in [0.4, 0.5) is 0 Å². The van der Waals surface area contributed by atoms with Crippen molar-refractivity contribution in [1.82, 2.24) is 19.5 Å². The second kappa shape index (κ2) is 14.3. The Balaban J connectivity index is 1.46. The minimum Gasteiger partial charge on any atom is -0.507 e. The minimum absolute atomic E-state index is 0.0563. The monoisotopic (exact) mass is 776 g/mol. The molecule has 298 valence electrons. The molecule has 0 atom stereocenters. The number of hydrogen-bond donors (Lipinski definition) is 1. The van der Waals surface area contributed by atoms with Crippen LogP contribution in [0.3, 0.4) is 0 Å². The number of pyridine rings is 2. The Morgan fingerprint density at radius 1 is 0.475 bits per heavy atom. The molecule has 0 fully saturated rings. The van der Waals surface area contributed by atoms with Crippen LogP contribution in [0, 0.1) is 0 Å². The summed E-state index contributed by atoms with van der Waals surface area (Å²) in [6, 6.07) is 42.7. The summed E-state index contributed by atoms with van der Waals surface area (Å²) in [7, 11) is 0. The van der Waals surface area contributed by atoms with Gasteiger partial charge in [0, 0.05) is 34.5 Å². The average Bonchev–Trinajstić information content (AvgIpc) is 3.60. The molecule has 0 bridgehead atoms. The van der Waals surface area contributed by atoms with E-state index >= 15 is 0 Å². The number of aromatic nitrogens is 4. The van der Waals surface area contributed by atoms with Crippen LogP contribution in [0.2, 0.25) is 0 Å². The Morgan fingerprint density at radius 3 is 1.78 bits per heavy atom. The maximum absolute atomic E-state index is 11.7. The number of phenolic OH excluding ortho intramolecular Hbond substituents is 1. The summed E-state index contributed by atoms with van der Waals surface area (Å²) in [6.07, 6.45) is 3.80. The molecule has 0 aliphatic heterocycles. The van der Waals surface area contributed by atoms with Crippen LogP contribution in [0.25, 0.3) is 66.8 Å². The topological polar surface area (TPSA) is 63.8 Å². The molecule has 59 heavy (non-hydrogen) atoms. The van der Waals surface area contributed by atoms with Gasteiger partial charge in [-0.25, -0.2) is 4.98 Å². The van der Waals surface area contributed by atoms with E-state index in [0.29, 0.717) is 11.4 Å². The van der Waals surface area contributed by atoms with Crippen molar-refractivity contribution in [3.05, 3.63) is 156 Å². The molecule has 0 saturated heterocycles.